The zero-order valence-corrected chi connectivity index (χ0v) is 14.9. The highest BCUT2D eigenvalue weighted by atomic mass is 16.5. The molecule has 0 bridgehead atoms. The van der Waals surface area contributed by atoms with Gasteiger partial charge in [0.25, 0.3) is 0 Å². The van der Waals surface area contributed by atoms with Crippen molar-refractivity contribution in [2.24, 2.45) is 0 Å². The molecule has 27 heavy (non-hydrogen) atoms. The van der Waals surface area contributed by atoms with E-state index in [0.717, 1.165) is 36.8 Å². The van der Waals surface area contributed by atoms with Crippen molar-refractivity contribution in [3.05, 3.63) is 72.6 Å². The van der Waals surface area contributed by atoms with Crippen molar-refractivity contribution in [2.45, 2.75) is 12.6 Å². The van der Waals surface area contributed by atoms with E-state index in [1.165, 1.54) is 16.5 Å². The van der Waals surface area contributed by atoms with Gasteiger partial charge in [-0.15, -0.1) is 0 Å². The lowest BCUT2D eigenvalue weighted by Gasteiger charge is -2.34. The molecule has 0 saturated carbocycles. The maximum absolute atomic E-state index is 5.77. The topological polar surface area (TPSA) is 69.8 Å². The standard InChI is InChI=1S/C21H21N5O/c1-2-4-18-17(3-1)16(11-23-18)13-26-9-10-27-14-20(26)21-24-12-19(25-21)15-5-7-22-8-6-15/h1-8,11-12,20,23H,9-10,13-14H2,(H,24,25)/t20-/m0/s1. The number of benzene rings is 1. The molecule has 4 aromatic rings. The van der Waals surface area contributed by atoms with E-state index in [4.69, 9.17) is 4.74 Å². The van der Waals surface area contributed by atoms with E-state index in [1.54, 1.807) is 12.4 Å². The summed E-state index contributed by atoms with van der Waals surface area (Å²) in [5.74, 6) is 0.946. The lowest BCUT2D eigenvalue weighted by atomic mass is 10.1. The summed E-state index contributed by atoms with van der Waals surface area (Å²) in [6.07, 6.45) is 7.59. The lowest BCUT2D eigenvalue weighted by molar-refractivity contribution is -0.0154. The first-order chi connectivity index (χ1) is 13.4. The van der Waals surface area contributed by atoms with Gasteiger partial charge in [-0.1, -0.05) is 18.2 Å². The number of hydrogen-bond donors (Lipinski definition) is 2. The number of morpholine rings is 1. The van der Waals surface area contributed by atoms with Crippen LogP contribution in [0.4, 0.5) is 0 Å². The van der Waals surface area contributed by atoms with Gasteiger partial charge in [0.15, 0.2) is 0 Å². The zero-order valence-electron chi connectivity index (χ0n) is 14.9. The Kier molecular flexibility index (Phi) is 4.20. The van der Waals surface area contributed by atoms with E-state index in [-0.39, 0.29) is 6.04 Å². The van der Waals surface area contributed by atoms with Gasteiger partial charge in [0.2, 0.25) is 0 Å². The summed E-state index contributed by atoms with van der Waals surface area (Å²) in [6, 6.07) is 12.5. The average Bonchev–Trinajstić information content (AvgIpc) is 3.37. The Morgan fingerprint density at radius 1 is 1.15 bits per heavy atom. The van der Waals surface area contributed by atoms with Crippen LogP contribution in [0.1, 0.15) is 17.4 Å². The Morgan fingerprint density at radius 3 is 2.96 bits per heavy atom. The maximum atomic E-state index is 5.77. The van der Waals surface area contributed by atoms with E-state index < -0.39 is 0 Å². The molecule has 6 nitrogen and oxygen atoms in total. The molecular formula is C21H21N5O. The predicted octanol–water partition coefficient (Wildman–Crippen LogP) is 3.53. The number of nitrogens with one attached hydrogen (secondary N) is 2. The normalized spacial score (nSPS) is 18.1. The Labute approximate surface area is 157 Å². The average molecular weight is 359 g/mol. The van der Waals surface area contributed by atoms with Gasteiger partial charge in [-0.05, 0) is 23.8 Å². The number of aromatic amines is 2. The molecule has 0 aliphatic carbocycles. The second kappa shape index (κ2) is 6.98. The van der Waals surface area contributed by atoms with Crippen molar-refractivity contribution >= 4 is 10.9 Å². The Balaban J connectivity index is 1.42. The Bertz CT molecular complexity index is 1040. The fraction of sp³-hybridized carbons (Fsp3) is 0.238. The summed E-state index contributed by atoms with van der Waals surface area (Å²) in [6.45, 7) is 3.14. The molecule has 1 fully saturated rings. The van der Waals surface area contributed by atoms with E-state index >= 15 is 0 Å². The van der Waals surface area contributed by atoms with Crippen LogP contribution >= 0.6 is 0 Å². The molecule has 0 spiro atoms. The van der Waals surface area contributed by atoms with Crippen molar-refractivity contribution in [3.8, 4) is 11.3 Å². The second-order valence-electron chi connectivity index (χ2n) is 6.84. The van der Waals surface area contributed by atoms with Crippen molar-refractivity contribution in [1.29, 1.82) is 0 Å². The third-order valence-electron chi connectivity index (χ3n) is 5.19. The number of imidazole rings is 1. The van der Waals surface area contributed by atoms with Gasteiger partial charge in [-0.2, -0.15) is 0 Å². The summed E-state index contributed by atoms with van der Waals surface area (Å²) in [5, 5.41) is 1.28. The summed E-state index contributed by atoms with van der Waals surface area (Å²) in [7, 11) is 0. The molecule has 136 valence electrons. The van der Waals surface area contributed by atoms with E-state index in [2.05, 4.69) is 55.3 Å². The second-order valence-corrected chi connectivity index (χ2v) is 6.84. The fourth-order valence-electron chi connectivity index (χ4n) is 3.74. The summed E-state index contributed by atoms with van der Waals surface area (Å²) in [4.78, 5) is 18.0. The number of para-hydroxylation sites is 1. The summed E-state index contributed by atoms with van der Waals surface area (Å²) >= 11 is 0. The number of ether oxygens (including phenoxy) is 1. The van der Waals surface area contributed by atoms with Crippen LogP contribution in [0.25, 0.3) is 22.2 Å². The van der Waals surface area contributed by atoms with Gasteiger partial charge in [-0.3, -0.25) is 9.88 Å². The number of fused-ring (bicyclic) bond motifs is 1. The molecule has 5 rings (SSSR count). The monoisotopic (exact) mass is 359 g/mol. The van der Waals surface area contributed by atoms with Gasteiger partial charge in [0.05, 0.1) is 31.1 Å². The SMILES string of the molecule is c1ccc2c(CN3CCOC[C@H]3c3ncc(-c4ccncc4)[nH]3)c[nH]c2c1. The number of aromatic nitrogens is 4. The molecule has 0 unspecified atom stereocenters. The van der Waals surface area contributed by atoms with Crippen LogP contribution in [-0.4, -0.2) is 44.6 Å². The smallest absolute Gasteiger partial charge is 0.126 e. The van der Waals surface area contributed by atoms with Gasteiger partial charge in [0.1, 0.15) is 5.82 Å². The minimum absolute atomic E-state index is 0.114. The number of H-pyrrole nitrogens is 2. The van der Waals surface area contributed by atoms with Crippen LogP contribution in [0.15, 0.2) is 61.2 Å². The molecule has 6 heteroatoms. The van der Waals surface area contributed by atoms with Crippen LogP contribution in [0.5, 0.6) is 0 Å². The van der Waals surface area contributed by atoms with E-state index in [1.807, 2.05) is 18.3 Å². The third kappa shape index (κ3) is 3.13. The number of rotatable bonds is 4. The van der Waals surface area contributed by atoms with E-state index in [9.17, 15) is 0 Å². The summed E-state index contributed by atoms with van der Waals surface area (Å²) < 4.78 is 5.77. The molecule has 0 amide bonds. The molecule has 2 N–H and O–H groups in total. The van der Waals surface area contributed by atoms with Crippen LogP contribution in [0.2, 0.25) is 0 Å². The van der Waals surface area contributed by atoms with Gasteiger partial charge >= 0.3 is 0 Å². The van der Waals surface area contributed by atoms with Crippen molar-refractivity contribution < 1.29 is 4.74 Å². The van der Waals surface area contributed by atoms with Gasteiger partial charge in [0, 0.05) is 48.1 Å². The van der Waals surface area contributed by atoms with Crippen molar-refractivity contribution in [2.75, 3.05) is 19.8 Å². The third-order valence-corrected chi connectivity index (χ3v) is 5.19. The molecule has 4 heterocycles. The highest BCUT2D eigenvalue weighted by molar-refractivity contribution is 5.82. The highest BCUT2D eigenvalue weighted by Gasteiger charge is 2.27. The minimum Gasteiger partial charge on any atom is -0.378 e. The molecule has 1 aromatic carbocycles. The minimum atomic E-state index is 0.114. The molecule has 1 aliphatic rings. The molecule has 0 radical (unpaired) electrons. The van der Waals surface area contributed by atoms with Crippen molar-refractivity contribution in [3.63, 3.8) is 0 Å². The molecule has 1 atom stereocenters. The number of pyridine rings is 1. The highest BCUT2D eigenvalue weighted by Crippen LogP contribution is 2.28. The quantitative estimate of drug-likeness (QED) is 0.585. The van der Waals surface area contributed by atoms with Crippen LogP contribution in [0.3, 0.4) is 0 Å². The number of nitrogens with zero attached hydrogens (tertiary/aromatic N) is 3. The Hall–Kier alpha value is -2.96. The zero-order chi connectivity index (χ0) is 18.1. The molecular weight excluding hydrogens is 338 g/mol. The molecule has 1 aliphatic heterocycles. The first-order valence-corrected chi connectivity index (χ1v) is 9.20. The van der Waals surface area contributed by atoms with Crippen LogP contribution in [0, 0.1) is 0 Å². The van der Waals surface area contributed by atoms with Gasteiger partial charge < -0.3 is 14.7 Å². The van der Waals surface area contributed by atoms with Gasteiger partial charge in [-0.25, -0.2) is 4.98 Å². The molecule has 3 aromatic heterocycles. The largest absolute Gasteiger partial charge is 0.378 e. The summed E-state index contributed by atoms with van der Waals surface area (Å²) in [5.41, 5.74) is 4.57. The lowest BCUT2D eigenvalue weighted by Crippen LogP contribution is -2.39. The van der Waals surface area contributed by atoms with E-state index in [0.29, 0.717) is 6.61 Å². The molecule has 1 saturated heterocycles. The van der Waals surface area contributed by atoms with Crippen LogP contribution < -0.4 is 0 Å². The van der Waals surface area contributed by atoms with Crippen molar-refractivity contribution in [1.82, 2.24) is 24.8 Å². The Morgan fingerprint density at radius 2 is 2.04 bits per heavy atom. The van der Waals surface area contributed by atoms with Crippen LogP contribution in [-0.2, 0) is 11.3 Å². The maximum Gasteiger partial charge on any atom is 0.126 e. The predicted molar refractivity (Wildman–Crippen MR) is 104 cm³/mol. The first kappa shape index (κ1) is 16.2. The number of hydrogen-bond acceptors (Lipinski definition) is 4. The fourth-order valence-corrected chi connectivity index (χ4v) is 3.74. The first-order valence-electron chi connectivity index (χ1n) is 9.20.